The van der Waals surface area contributed by atoms with Crippen LogP contribution in [0.4, 0.5) is 5.82 Å². The monoisotopic (exact) mass is 310 g/mol. The Bertz CT molecular complexity index is 603. The summed E-state index contributed by atoms with van der Waals surface area (Å²) in [5.74, 6) is 1.46. The quantitative estimate of drug-likeness (QED) is 0.855. The summed E-state index contributed by atoms with van der Waals surface area (Å²) >= 11 is 7.76. The van der Waals surface area contributed by atoms with E-state index in [1.54, 1.807) is 17.4 Å². The summed E-state index contributed by atoms with van der Waals surface area (Å²) in [4.78, 5) is 14.4. The van der Waals surface area contributed by atoms with Crippen molar-refractivity contribution in [2.45, 2.75) is 46.1 Å². The third-order valence-electron chi connectivity index (χ3n) is 2.74. The van der Waals surface area contributed by atoms with Crippen molar-refractivity contribution in [2.75, 3.05) is 5.32 Å². The van der Waals surface area contributed by atoms with Gasteiger partial charge in [0.2, 0.25) is 0 Å². The van der Waals surface area contributed by atoms with E-state index >= 15 is 0 Å². The van der Waals surface area contributed by atoms with Crippen molar-refractivity contribution in [1.82, 2.24) is 15.0 Å². The summed E-state index contributed by atoms with van der Waals surface area (Å²) in [6.07, 6.45) is 1.88. The zero-order chi connectivity index (χ0) is 14.9. The van der Waals surface area contributed by atoms with Crippen LogP contribution >= 0.6 is 22.9 Å². The highest BCUT2D eigenvalue weighted by Crippen LogP contribution is 2.26. The third-order valence-corrected chi connectivity index (χ3v) is 4.03. The Labute approximate surface area is 128 Å². The number of aryl methyl sites for hydroxylation is 1. The van der Waals surface area contributed by atoms with Crippen molar-refractivity contribution < 1.29 is 0 Å². The highest BCUT2D eigenvalue weighted by Gasteiger charge is 2.19. The van der Waals surface area contributed by atoms with E-state index < -0.39 is 0 Å². The van der Waals surface area contributed by atoms with Crippen LogP contribution in [0.25, 0.3) is 0 Å². The fourth-order valence-electron chi connectivity index (χ4n) is 1.68. The molecule has 0 spiro atoms. The fraction of sp³-hybridized carbons (Fsp3) is 0.500. The number of hydrogen-bond acceptors (Lipinski definition) is 5. The molecule has 2 aromatic rings. The van der Waals surface area contributed by atoms with Gasteiger partial charge in [0.25, 0.3) is 0 Å². The van der Waals surface area contributed by atoms with E-state index in [4.69, 9.17) is 11.6 Å². The Morgan fingerprint density at radius 2 is 2.00 bits per heavy atom. The maximum Gasteiger partial charge on any atom is 0.137 e. The van der Waals surface area contributed by atoms with Gasteiger partial charge in [-0.25, -0.2) is 15.0 Å². The van der Waals surface area contributed by atoms with Crippen molar-refractivity contribution in [1.29, 1.82) is 0 Å². The Morgan fingerprint density at radius 3 is 2.55 bits per heavy atom. The molecular weight excluding hydrogens is 292 g/mol. The molecule has 0 aliphatic rings. The predicted octanol–water partition coefficient (Wildman–Crippen LogP) is 4.37. The summed E-state index contributed by atoms with van der Waals surface area (Å²) in [6.45, 7) is 10.3. The minimum atomic E-state index is -0.137. The second-order valence-electron chi connectivity index (χ2n) is 5.82. The minimum absolute atomic E-state index is 0.0903. The molecule has 0 aliphatic carbocycles. The maximum atomic E-state index is 6.09. The van der Waals surface area contributed by atoms with Crippen molar-refractivity contribution in [3.8, 4) is 0 Å². The van der Waals surface area contributed by atoms with Gasteiger partial charge in [-0.05, 0) is 13.8 Å². The first kappa shape index (κ1) is 15.2. The van der Waals surface area contributed by atoms with Gasteiger partial charge in [-0.15, -0.1) is 11.3 Å². The smallest absolute Gasteiger partial charge is 0.137 e. The molecule has 20 heavy (non-hydrogen) atoms. The van der Waals surface area contributed by atoms with Crippen molar-refractivity contribution in [2.24, 2.45) is 0 Å². The van der Waals surface area contributed by atoms with E-state index in [2.05, 4.69) is 48.0 Å². The molecule has 0 aromatic carbocycles. The Balaban J connectivity index is 2.23. The van der Waals surface area contributed by atoms with Crippen LogP contribution in [0.3, 0.4) is 0 Å². The molecule has 0 aliphatic heterocycles. The highest BCUT2D eigenvalue weighted by molar-refractivity contribution is 7.11. The van der Waals surface area contributed by atoms with Crippen LogP contribution in [0.1, 0.15) is 49.4 Å². The molecule has 0 radical (unpaired) electrons. The second-order valence-corrected chi connectivity index (χ2v) is 7.48. The molecule has 1 unspecified atom stereocenters. The van der Waals surface area contributed by atoms with Gasteiger partial charge in [-0.1, -0.05) is 32.4 Å². The summed E-state index contributed by atoms with van der Waals surface area (Å²) in [5, 5.41) is 4.83. The topological polar surface area (TPSA) is 50.7 Å². The molecule has 0 fully saturated rings. The number of halogens is 1. The Morgan fingerprint density at radius 1 is 1.30 bits per heavy atom. The molecule has 1 atom stereocenters. The van der Waals surface area contributed by atoms with Gasteiger partial charge in [0, 0.05) is 22.6 Å². The van der Waals surface area contributed by atoms with Crippen molar-refractivity contribution in [3.63, 3.8) is 0 Å². The van der Waals surface area contributed by atoms with Crippen LogP contribution in [0.2, 0.25) is 5.15 Å². The zero-order valence-electron chi connectivity index (χ0n) is 12.4. The number of anilines is 1. The molecule has 0 saturated carbocycles. The van der Waals surface area contributed by atoms with E-state index in [1.165, 1.54) is 4.88 Å². The molecule has 108 valence electrons. The SMILES string of the molecule is Cc1cnc(C(C)Nc2cc(Cl)nc(C(C)(C)C)n2)s1. The first-order valence-corrected chi connectivity index (χ1v) is 7.69. The van der Waals surface area contributed by atoms with Gasteiger partial charge in [-0.2, -0.15) is 0 Å². The van der Waals surface area contributed by atoms with E-state index in [9.17, 15) is 0 Å². The first-order chi connectivity index (χ1) is 9.25. The minimum Gasteiger partial charge on any atom is -0.361 e. The average Bonchev–Trinajstić information content (AvgIpc) is 2.74. The number of nitrogens with zero attached hydrogens (tertiary/aromatic N) is 3. The number of nitrogens with one attached hydrogen (secondary N) is 1. The van der Waals surface area contributed by atoms with Gasteiger partial charge in [0.15, 0.2) is 0 Å². The predicted molar refractivity (Wildman–Crippen MR) is 84.6 cm³/mol. The average molecular weight is 311 g/mol. The third kappa shape index (κ3) is 3.67. The van der Waals surface area contributed by atoms with Crippen LogP contribution in [0.5, 0.6) is 0 Å². The molecule has 4 nitrogen and oxygen atoms in total. The lowest BCUT2D eigenvalue weighted by Crippen LogP contribution is -2.18. The normalized spacial score (nSPS) is 13.3. The fourth-order valence-corrected chi connectivity index (χ4v) is 2.64. The molecule has 2 aromatic heterocycles. The van der Waals surface area contributed by atoms with Gasteiger partial charge in [0.1, 0.15) is 21.8 Å². The molecule has 1 N–H and O–H groups in total. The maximum absolute atomic E-state index is 6.09. The van der Waals surface area contributed by atoms with Crippen LogP contribution in [-0.4, -0.2) is 15.0 Å². The van der Waals surface area contributed by atoms with Crippen LogP contribution in [-0.2, 0) is 5.41 Å². The van der Waals surface area contributed by atoms with E-state index in [0.29, 0.717) is 5.15 Å². The van der Waals surface area contributed by atoms with Crippen LogP contribution in [0, 0.1) is 6.92 Å². The lowest BCUT2D eigenvalue weighted by Gasteiger charge is -2.19. The molecule has 0 saturated heterocycles. The Kier molecular flexibility index (Phi) is 4.30. The second kappa shape index (κ2) is 5.66. The lowest BCUT2D eigenvalue weighted by molar-refractivity contribution is 0.545. The van der Waals surface area contributed by atoms with Crippen molar-refractivity contribution in [3.05, 3.63) is 33.1 Å². The molecular formula is C14H19ClN4S. The summed E-state index contributed by atoms with van der Waals surface area (Å²) in [7, 11) is 0. The molecule has 0 amide bonds. The number of aromatic nitrogens is 3. The standard InChI is InChI=1S/C14H19ClN4S/c1-8-7-16-12(20-8)9(2)17-11-6-10(15)18-13(19-11)14(3,4)5/h6-7,9H,1-5H3,(H,17,18,19). The van der Waals surface area contributed by atoms with Gasteiger partial charge in [-0.3, -0.25) is 0 Å². The number of rotatable bonds is 3. The molecule has 6 heteroatoms. The van der Waals surface area contributed by atoms with Gasteiger partial charge < -0.3 is 5.32 Å². The van der Waals surface area contributed by atoms with E-state index in [1.807, 2.05) is 13.1 Å². The van der Waals surface area contributed by atoms with Crippen LogP contribution < -0.4 is 5.32 Å². The summed E-state index contributed by atoms with van der Waals surface area (Å²) in [6, 6.07) is 1.83. The van der Waals surface area contributed by atoms with Crippen LogP contribution in [0.15, 0.2) is 12.3 Å². The lowest BCUT2D eigenvalue weighted by atomic mass is 9.96. The molecule has 2 heterocycles. The van der Waals surface area contributed by atoms with Crippen molar-refractivity contribution >= 4 is 28.8 Å². The Hall–Kier alpha value is -1.20. The number of hydrogen-bond donors (Lipinski definition) is 1. The first-order valence-electron chi connectivity index (χ1n) is 6.49. The largest absolute Gasteiger partial charge is 0.361 e. The summed E-state index contributed by atoms with van der Waals surface area (Å²) < 4.78 is 0. The molecule has 0 bridgehead atoms. The highest BCUT2D eigenvalue weighted by atomic mass is 35.5. The zero-order valence-corrected chi connectivity index (χ0v) is 13.9. The number of thiazole rings is 1. The van der Waals surface area contributed by atoms with Gasteiger partial charge >= 0.3 is 0 Å². The van der Waals surface area contributed by atoms with Gasteiger partial charge in [0.05, 0.1) is 6.04 Å². The van der Waals surface area contributed by atoms with E-state index in [-0.39, 0.29) is 11.5 Å². The summed E-state index contributed by atoms with van der Waals surface area (Å²) in [5.41, 5.74) is -0.137. The van der Waals surface area contributed by atoms with E-state index in [0.717, 1.165) is 16.6 Å². The molecule has 2 rings (SSSR count).